The molecule has 0 saturated heterocycles. The second kappa shape index (κ2) is 11.0. The molecule has 0 saturated carbocycles. The number of hydrogen-bond donors (Lipinski definition) is 1. The number of hydrogen-bond acceptors (Lipinski definition) is 6. The van der Waals surface area contributed by atoms with Crippen molar-refractivity contribution in [1.82, 2.24) is 5.01 Å². The number of carbonyl (C=O) groups excluding carboxylic acids is 2. The van der Waals surface area contributed by atoms with Crippen molar-refractivity contribution in [1.29, 1.82) is 0 Å². The lowest BCUT2D eigenvalue weighted by molar-refractivity contribution is -0.121. The van der Waals surface area contributed by atoms with E-state index in [1.165, 1.54) is 11.8 Å². The van der Waals surface area contributed by atoms with Crippen molar-refractivity contribution in [2.24, 2.45) is 10.1 Å². The van der Waals surface area contributed by atoms with E-state index in [0.717, 1.165) is 33.7 Å². The Morgan fingerprint density at radius 3 is 2.63 bits per heavy atom. The number of aliphatic imine (C=N–C) groups is 1. The second-order valence-electron chi connectivity index (χ2n) is 9.29. The number of hydrazone groups is 1. The minimum atomic E-state index is -0.614. The minimum Gasteiger partial charge on any atom is -0.497 e. The van der Waals surface area contributed by atoms with Gasteiger partial charge >= 0.3 is 0 Å². The van der Waals surface area contributed by atoms with E-state index in [9.17, 15) is 9.59 Å². The standard InChI is InChI=1S/C29H27ClN4O3S/c1-17-7-12-22(13-18(17)2)31-27(35)16-26-28(36)32-29(38-26)34-25(20-5-4-6-23(14-20)37-3)15-24(33-34)19-8-10-21(30)11-9-19/h4-14,25-26H,15-16H2,1-3H3,(H,31,35)/t25-,26-/m1/s1. The summed E-state index contributed by atoms with van der Waals surface area (Å²) in [6, 6.07) is 20.9. The van der Waals surface area contributed by atoms with Crippen LogP contribution in [0.15, 0.2) is 76.8 Å². The van der Waals surface area contributed by atoms with Crippen molar-refractivity contribution < 1.29 is 14.3 Å². The zero-order valence-corrected chi connectivity index (χ0v) is 22.8. The summed E-state index contributed by atoms with van der Waals surface area (Å²) in [6.45, 7) is 4.01. The summed E-state index contributed by atoms with van der Waals surface area (Å²) in [5.41, 5.74) is 5.75. The Morgan fingerprint density at radius 1 is 1.11 bits per heavy atom. The summed E-state index contributed by atoms with van der Waals surface area (Å²) in [5.74, 6) is 0.173. The fraction of sp³-hybridized carbons (Fsp3) is 0.241. The Kier molecular flexibility index (Phi) is 7.53. The minimum absolute atomic E-state index is 0.0227. The highest BCUT2D eigenvalue weighted by Gasteiger charge is 2.39. The average Bonchev–Trinajstić information content (AvgIpc) is 3.50. The lowest BCUT2D eigenvalue weighted by atomic mass is 9.98. The first kappa shape index (κ1) is 26.0. The molecule has 194 valence electrons. The lowest BCUT2D eigenvalue weighted by Gasteiger charge is -2.23. The van der Waals surface area contributed by atoms with E-state index in [-0.39, 0.29) is 24.3 Å². The molecule has 2 aliphatic heterocycles. The van der Waals surface area contributed by atoms with Crippen LogP contribution >= 0.6 is 23.4 Å². The molecule has 38 heavy (non-hydrogen) atoms. The number of anilines is 1. The summed E-state index contributed by atoms with van der Waals surface area (Å²) in [6.07, 6.45) is 0.634. The van der Waals surface area contributed by atoms with E-state index >= 15 is 0 Å². The van der Waals surface area contributed by atoms with Crippen LogP contribution in [0.5, 0.6) is 5.75 Å². The third kappa shape index (κ3) is 5.61. The highest BCUT2D eigenvalue weighted by Crippen LogP contribution is 2.39. The number of thioether (sulfide) groups is 1. The first-order valence-electron chi connectivity index (χ1n) is 12.2. The molecule has 9 heteroatoms. The average molecular weight is 547 g/mol. The Labute approximate surface area is 230 Å². The molecule has 2 heterocycles. The van der Waals surface area contributed by atoms with Crippen LogP contribution in [0.25, 0.3) is 0 Å². The molecular formula is C29H27ClN4O3S. The molecule has 0 radical (unpaired) electrons. The van der Waals surface area contributed by atoms with Gasteiger partial charge < -0.3 is 10.1 Å². The van der Waals surface area contributed by atoms with E-state index in [4.69, 9.17) is 21.4 Å². The van der Waals surface area contributed by atoms with E-state index in [0.29, 0.717) is 22.3 Å². The van der Waals surface area contributed by atoms with Crippen molar-refractivity contribution >= 4 is 51.7 Å². The fourth-order valence-electron chi connectivity index (χ4n) is 4.42. The topological polar surface area (TPSA) is 83.4 Å². The third-order valence-electron chi connectivity index (χ3n) is 6.65. The summed E-state index contributed by atoms with van der Waals surface area (Å²) in [4.78, 5) is 30.0. The van der Waals surface area contributed by atoms with Gasteiger partial charge in [-0.1, -0.05) is 53.7 Å². The van der Waals surface area contributed by atoms with E-state index in [1.807, 2.05) is 80.6 Å². The lowest BCUT2D eigenvalue weighted by Crippen LogP contribution is -2.25. The molecule has 0 aromatic heterocycles. The number of nitrogens with zero attached hydrogens (tertiary/aromatic N) is 3. The number of ether oxygens (including phenoxy) is 1. The van der Waals surface area contributed by atoms with Crippen molar-refractivity contribution in [2.45, 2.75) is 38.0 Å². The Morgan fingerprint density at radius 2 is 1.89 bits per heavy atom. The summed E-state index contributed by atoms with van der Waals surface area (Å²) in [7, 11) is 1.63. The van der Waals surface area contributed by atoms with Gasteiger partial charge in [-0.25, -0.2) is 5.01 Å². The van der Waals surface area contributed by atoms with E-state index < -0.39 is 5.25 Å². The molecule has 3 aromatic rings. The van der Waals surface area contributed by atoms with Crippen LogP contribution < -0.4 is 10.1 Å². The first-order valence-corrected chi connectivity index (χ1v) is 13.5. The van der Waals surface area contributed by atoms with Gasteiger partial charge in [0.05, 0.1) is 18.9 Å². The van der Waals surface area contributed by atoms with Gasteiger partial charge in [-0.15, -0.1) is 0 Å². The van der Waals surface area contributed by atoms with Gasteiger partial charge in [0.15, 0.2) is 5.17 Å². The maximum Gasteiger partial charge on any atom is 0.262 e. The van der Waals surface area contributed by atoms with Crippen LogP contribution in [-0.4, -0.2) is 40.1 Å². The van der Waals surface area contributed by atoms with Crippen LogP contribution in [0.4, 0.5) is 5.69 Å². The number of carbonyl (C=O) groups is 2. The van der Waals surface area contributed by atoms with Gasteiger partial charge in [0.25, 0.3) is 5.91 Å². The number of amides is 2. The highest BCUT2D eigenvalue weighted by atomic mass is 35.5. The van der Waals surface area contributed by atoms with Gasteiger partial charge in [0.2, 0.25) is 5.91 Å². The van der Waals surface area contributed by atoms with Crippen LogP contribution in [-0.2, 0) is 9.59 Å². The number of rotatable bonds is 6. The van der Waals surface area contributed by atoms with E-state index in [2.05, 4.69) is 10.3 Å². The predicted octanol–water partition coefficient (Wildman–Crippen LogP) is 6.14. The van der Waals surface area contributed by atoms with Gasteiger partial charge in [0, 0.05) is 23.6 Å². The smallest absolute Gasteiger partial charge is 0.262 e. The molecule has 0 unspecified atom stereocenters. The number of benzene rings is 3. The maximum atomic E-state index is 12.9. The summed E-state index contributed by atoms with van der Waals surface area (Å²) < 4.78 is 5.44. The fourth-order valence-corrected chi connectivity index (χ4v) is 5.60. The third-order valence-corrected chi connectivity index (χ3v) is 8.05. The molecule has 2 amide bonds. The zero-order valence-electron chi connectivity index (χ0n) is 21.3. The monoisotopic (exact) mass is 546 g/mol. The summed E-state index contributed by atoms with van der Waals surface area (Å²) >= 11 is 7.37. The van der Waals surface area contributed by atoms with Gasteiger partial charge in [-0.2, -0.15) is 10.1 Å². The Hall–Kier alpha value is -3.62. The Bertz CT molecular complexity index is 1450. The van der Waals surface area contributed by atoms with Crippen molar-refractivity contribution in [3.05, 3.63) is 94.0 Å². The molecular weight excluding hydrogens is 520 g/mol. The molecule has 0 fully saturated rings. The SMILES string of the molecule is COc1cccc([C@H]2CC(c3ccc(Cl)cc3)=NN2C2=NC(=O)[C@@H](CC(=O)Nc3ccc(C)c(C)c3)S2)c1. The normalized spacial score (nSPS) is 18.8. The molecule has 7 nitrogen and oxygen atoms in total. The molecule has 0 aliphatic carbocycles. The van der Waals surface area contributed by atoms with E-state index in [1.54, 1.807) is 12.1 Å². The van der Waals surface area contributed by atoms with Crippen LogP contribution in [0.1, 0.15) is 41.1 Å². The maximum absolute atomic E-state index is 12.9. The molecule has 5 rings (SSSR count). The summed E-state index contributed by atoms with van der Waals surface area (Å²) in [5, 5.41) is 10.1. The molecule has 3 aromatic carbocycles. The zero-order chi connectivity index (χ0) is 26.8. The number of halogens is 1. The largest absolute Gasteiger partial charge is 0.497 e. The van der Waals surface area contributed by atoms with Crippen LogP contribution in [0.3, 0.4) is 0 Å². The number of methoxy groups -OCH3 is 1. The molecule has 1 N–H and O–H groups in total. The Balaban J connectivity index is 1.36. The van der Waals surface area contributed by atoms with Crippen LogP contribution in [0.2, 0.25) is 5.02 Å². The van der Waals surface area contributed by atoms with Crippen molar-refractivity contribution in [3.8, 4) is 5.75 Å². The van der Waals surface area contributed by atoms with Crippen molar-refractivity contribution in [3.63, 3.8) is 0 Å². The quantitative estimate of drug-likeness (QED) is 0.401. The van der Waals surface area contributed by atoms with Crippen molar-refractivity contribution in [2.75, 3.05) is 12.4 Å². The van der Waals surface area contributed by atoms with Gasteiger partial charge in [-0.05, 0) is 72.5 Å². The number of amidine groups is 1. The number of nitrogens with one attached hydrogen (secondary N) is 1. The first-order chi connectivity index (χ1) is 18.3. The van der Waals surface area contributed by atoms with Gasteiger partial charge in [-0.3, -0.25) is 9.59 Å². The highest BCUT2D eigenvalue weighted by molar-refractivity contribution is 8.15. The predicted molar refractivity (Wildman–Crippen MR) is 153 cm³/mol. The van der Waals surface area contributed by atoms with Crippen LogP contribution in [0, 0.1) is 13.8 Å². The molecule has 0 bridgehead atoms. The molecule has 0 spiro atoms. The molecule has 2 aliphatic rings. The van der Waals surface area contributed by atoms with Gasteiger partial charge in [0.1, 0.15) is 11.0 Å². The molecule has 2 atom stereocenters. The second-order valence-corrected chi connectivity index (χ2v) is 10.9. The number of aryl methyl sites for hydroxylation is 2.